The molecule has 2 aromatic rings. The number of benzene rings is 2. The highest BCUT2D eigenvalue weighted by Crippen LogP contribution is 2.25. The van der Waals surface area contributed by atoms with Gasteiger partial charge in [-0.25, -0.2) is 8.78 Å². The van der Waals surface area contributed by atoms with E-state index in [4.69, 9.17) is 4.74 Å². The van der Waals surface area contributed by atoms with Gasteiger partial charge in [-0.15, -0.1) is 0 Å². The van der Waals surface area contributed by atoms with Gasteiger partial charge in [0.1, 0.15) is 23.2 Å². The summed E-state index contributed by atoms with van der Waals surface area (Å²) >= 11 is 0. The Morgan fingerprint density at radius 2 is 1.77 bits per heavy atom. The van der Waals surface area contributed by atoms with Crippen molar-refractivity contribution in [2.75, 3.05) is 6.61 Å². The molecule has 0 radical (unpaired) electrons. The number of allylic oxidation sites excluding steroid dienone is 4. The van der Waals surface area contributed by atoms with E-state index in [9.17, 15) is 23.2 Å². The van der Waals surface area contributed by atoms with Crippen molar-refractivity contribution in [2.24, 2.45) is 11.8 Å². The molecule has 4 nitrogen and oxygen atoms in total. The fourth-order valence-corrected chi connectivity index (χ4v) is 4.06. The molecule has 1 aliphatic carbocycles. The van der Waals surface area contributed by atoms with E-state index in [1.807, 2.05) is 19.1 Å². The highest BCUT2D eigenvalue weighted by Gasteiger charge is 2.29. The number of rotatable bonds is 10. The van der Waals surface area contributed by atoms with Crippen LogP contribution in [0.25, 0.3) is 0 Å². The number of carbonyl (C=O) groups is 3. The molecule has 0 N–H and O–H groups in total. The van der Waals surface area contributed by atoms with Crippen LogP contribution in [0.2, 0.25) is 0 Å². The maximum absolute atomic E-state index is 13.9. The Morgan fingerprint density at radius 3 is 2.40 bits per heavy atom. The summed E-state index contributed by atoms with van der Waals surface area (Å²) in [6.45, 7) is 6.87. The maximum Gasteiger partial charge on any atom is 0.173 e. The van der Waals surface area contributed by atoms with E-state index in [1.54, 1.807) is 32.1 Å². The van der Waals surface area contributed by atoms with Crippen LogP contribution in [0.5, 0.6) is 5.75 Å². The standard InChI is InChI=1S/C29H30F2O4/c1-17(10-11-35-24-9-8-22(13-19(3)32)18(2)12-24)28(33)25-7-5-6-23(29(25)34)14-21-15-26(30)20(4)27(31)16-21/h5-9,12,15-17,23H,10-11,13-14H2,1-4H3. The van der Waals surface area contributed by atoms with Gasteiger partial charge in [-0.1, -0.05) is 25.1 Å². The van der Waals surface area contributed by atoms with Crippen LogP contribution in [0.15, 0.2) is 54.1 Å². The van der Waals surface area contributed by atoms with E-state index in [1.165, 1.54) is 25.1 Å². The second-order valence-corrected chi connectivity index (χ2v) is 9.19. The first-order valence-electron chi connectivity index (χ1n) is 11.7. The molecular weight excluding hydrogens is 450 g/mol. The van der Waals surface area contributed by atoms with Gasteiger partial charge in [-0.05, 0) is 80.6 Å². The lowest BCUT2D eigenvalue weighted by Gasteiger charge is -2.19. The molecule has 1 aliphatic rings. The van der Waals surface area contributed by atoms with Crippen LogP contribution < -0.4 is 4.74 Å². The Bertz CT molecular complexity index is 1190. The van der Waals surface area contributed by atoms with E-state index < -0.39 is 23.5 Å². The zero-order chi connectivity index (χ0) is 25.7. The molecule has 0 saturated carbocycles. The normalized spacial score (nSPS) is 16.1. The second kappa shape index (κ2) is 11.3. The number of ether oxygens (including phenoxy) is 1. The first kappa shape index (κ1) is 26.2. The van der Waals surface area contributed by atoms with E-state index in [0.717, 1.165) is 11.1 Å². The Balaban J connectivity index is 1.57. The first-order chi connectivity index (χ1) is 16.6. The van der Waals surface area contributed by atoms with E-state index >= 15 is 0 Å². The second-order valence-electron chi connectivity index (χ2n) is 9.19. The van der Waals surface area contributed by atoms with Crippen molar-refractivity contribution in [3.8, 4) is 5.75 Å². The molecule has 2 atom stereocenters. The Kier molecular flexibility index (Phi) is 8.49. The summed E-state index contributed by atoms with van der Waals surface area (Å²) in [5, 5.41) is 0. The molecule has 6 heteroatoms. The summed E-state index contributed by atoms with van der Waals surface area (Å²) in [6.07, 6.45) is 5.72. The zero-order valence-corrected chi connectivity index (χ0v) is 20.5. The minimum absolute atomic E-state index is 0.0618. The minimum atomic E-state index is -0.656. The summed E-state index contributed by atoms with van der Waals surface area (Å²) in [4.78, 5) is 37.3. The van der Waals surface area contributed by atoms with Crippen molar-refractivity contribution in [2.45, 2.75) is 47.0 Å². The molecule has 2 unspecified atom stereocenters. The topological polar surface area (TPSA) is 60.4 Å². The smallest absolute Gasteiger partial charge is 0.173 e. The van der Waals surface area contributed by atoms with Gasteiger partial charge >= 0.3 is 0 Å². The zero-order valence-electron chi connectivity index (χ0n) is 20.5. The highest BCUT2D eigenvalue weighted by atomic mass is 19.1. The molecule has 0 aliphatic heterocycles. The van der Waals surface area contributed by atoms with Gasteiger partial charge in [0.05, 0.1) is 12.2 Å². The first-order valence-corrected chi connectivity index (χ1v) is 11.7. The van der Waals surface area contributed by atoms with Crippen LogP contribution in [0.3, 0.4) is 0 Å². The van der Waals surface area contributed by atoms with Gasteiger partial charge in [-0.3, -0.25) is 14.4 Å². The molecule has 35 heavy (non-hydrogen) atoms. The monoisotopic (exact) mass is 480 g/mol. The number of aryl methyl sites for hydroxylation is 1. The lowest BCUT2D eigenvalue weighted by molar-refractivity contribution is -0.125. The van der Waals surface area contributed by atoms with Crippen LogP contribution in [0.4, 0.5) is 8.78 Å². The fraction of sp³-hybridized carbons (Fsp3) is 0.345. The number of hydrogen-bond donors (Lipinski definition) is 0. The number of ketones is 3. The van der Waals surface area contributed by atoms with Gasteiger partial charge in [0, 0.05) is 23.8 Å². The Labute approximate surface area is 204 Å². The van der Waals surface area contributed by atoms with E-state index in [2.05, 4.69) is 0 Å². The molecule has 0 bridgehead atoms. The van der Waals surface area contributed by atoms with Crippen LogP contribution in [-0.4, -0.2) is 24.0 Å². The van der Waals surface area contributed by atoms with E-state index in [-0.39, 0.29) is 34.9 Å². The summed E-state index contributed by atoms with van der Waals surface area (Å²) in [5.74, 6) is -2.28. The van der Waals surface area contributed by atoms with Crippen molar-refractivity contribution in [1.82, 2.24) is 0 Å². The molecule has 0 saturated heterocycles. The van der Waals surface area contributed by atoms with E-state index in [0.29, 0.717) is 30.8 Å². The molecule has 0 spiro atoms. The van der Waals surface area contributed by atoms with Crippen molar-refractivity contribution in [3.05, 3.63) is 88.0 Å². The maximum atomic E-state index is 13.9. The fourth-order valence-electron chi connectivity index (χ4n) is 4.06. The average molecular weight is 481 g/mol. The number of hydrogen-bond acceptors (Lipinski definition) is 4. The number of Topliss-reactive ketones (excluding diaryl/α,β-unsaturated/α-hetero) is 3. The quantitative estimate of drug-likeness (QED) is 0.415. The lowest BCUT2D eigenvalue weighted by Crippen LogP contribution is -2.28. The van der Waals surface area contributed by atoms with Crippen molar-refractivity contribution >= 4 is 17.3 Å². The third-order valence-electron chi connectivity index (χ3n) is 6.29. The largest absolute Gasteiger partial charge is 0.494 e. The summed E-state index contributed by atoms with van der Waals surface area (Å²) in [6, 6.07) is 7.99. The number of carbonyl (C=O) groups excluding carboxylic acids is 3. The molecule has 0 heterocycles. The van der Waals surface area contributed by atoms with Gasteiger partial charge in [0.15, 0.2) is 11.6 Å². The predicted molar refractivity (Wildman–Crippen MR) is 130 cm³/mol. The summed E-state index contributed by atoms with van der Waals surface area (Å²) in [5.41, 5.74) is 2.32. The molecular formula is C29H30F2O4. The average Bonchev–Trinajstić information content (AvgIpc) is 2.79. The van der Waals surface area contributed by atoms with Crippen molar-refractivity contribution < 1.29 is 27.9 Å². The SMILES string of the molecule is CC(=O)Cc1ccc(OCCC(C)C(=O)C2=CC=CC(Cc3cc(F)c(C)c(F)c3)C2=O)cc1C. The van der Waals surface area contributed by atoms with Gasteiger partial charge < -0.3 is 4.74 Å². The molecule has 184 valence electrons. The van der Waals surface area contributed by atoms with Gasteiger partial charge in [-0.2, -0.15) is 0 Å². The third kappa shape index (κ3) is 6.59. The molecule has 2 aromatic carbocycles. The lowest BCUT2D eigenvalue weighted by atomic mass is 9.83. The van der Waals surface area contributed by atoms with Crippen LogP contribution >= 0.6 is 0 Å². The van der Waals surface area contributed by atoms with Gasteiger partial charge in [0.25, 0.3) is 0 Å². The predicted octanol–water partition coefficient (Wildman–Crippen LogP) is 5.61. The molecule has 0 aromatic heterocycles. The number of halogens is 2. The summed E-state index contributed by atoms with van der Waals surface area (Å²) in [7, 11) is 0. The minimum Gasteiger partial charge on any atom is -0.494 e. The Morgan fingerprint density at radius 1 is 1.09 bits per heavy atom. The van der Waals surface area contributed by atoms with Crippen LogP contribution in [-0.2, 0) is 27.2 Å². The van der Waals surface area contributed by atoms with Crippen LogP contribution in [0.1, 0.15) is 42.5 Å². The van der Waals surface area contributed by atoms with Crippen molar-refractivity contribution in [1.29, 1.82) is 0 Å². The van der Waals surface area contributed by atoms with Crippen molar-refractivity contribution in [3.63, 3.8) is 0 Å². The van der Waals surface area contributed by atoms with Gasteiger partial charge in [0.2, 0.25) is 0 Å². The summed E-state index contributed by atoms with van der Waals surface area (Å²) < 4.78 is 33.6. The Hall–Kier alpha value is -3.41. The highest BCUT2D eigenvalue weighted by molar-refractivity contribution is 6.22. The molecule has 0 fully saturated rings. The third-order valence-corrected chi connectivity index (χ3v) is 6.29. The molecule has 0 amide bonds. The van der Waals surface area contributed by atoms with Crippen LogP contribution in [0, 0.1) is 37.3 Å². The molecule has 3 rings (SSSR count).